The molecule has 0 fully saturated rings. The van der Waals surface area contributed by atoms with Crippen molar-refractivity contribution in [1.29, 1.82) is 0 Å². The van der Waals surface area contributed by atoms with E-state index >= 15 is 0 Å². The van der Waals surface area contributed by atoms with Gasteiger partial charge in [-0.15, -0.1) is 12.4 Å². The molecule has 1 aromatic carbocycles. The van der Waals surface area contributed by atoms with Crippen LogP contribution in [-0.2, 0) is 4.79 Å². The first-order valence-corrected chi connectivity index (χ1v) is 7.26. The van der Waals surface area contributed by atoms with Crippen molar-refractivity contribution < 1.29 is 14.4 Å². The van der Waals surface area contributed by atoms with Crippen LogP contribution in [0.1, 0.15) is 41.5 Å². The molecule has 1 aromatic rings. The fraction of sp³-hybridized carbons (Fsp3) is 0.438. The molecule has 2 rings (SSSR count). The van der Waals surface area contributed by atoms with Crippen molar-refractivity contribution in [2.45, 2.75) is 26.3 Å². The van der Waals surface area contributed by atoms with Gasteiger partial charge in [-0.05, 0) is 25.0 Å². The van der Waals surface area contributed by atoms with Crippen molar-refractivity contribution in [2.75, 3.05) is 13.1 Å². The van der Waals surface area contributed by atoms with Crippen LogP contribution in [0.15, 0.2) is 24.3 Å². The molecule has 1 unspecified atom stereocenters. The summed E-state index contributed by atoms with van der Waals surface area (Å²) in [5.74, 6) is -1.13. The average molecular weight is 340 g/mol. The molecule has 0 spiro atoms. The molecule has 126 valence electrons. The molecule has 7 heteroatoms. The van der Waals surface area contributed by atoms with Crippen LogP contribution in [0, 0.1) is 5.92 Å². The number of nitrogens with zero attached hydrogens (tertiary/aromatic N) is 1. The van der Waals surface area contributed by atoms with Gasteiger partial charge in [0.2, 0.25) is 5.91 Å². The van der Waals surface area contributed by atoms with Gasteiger partial charge in [0.05, 0.1) is 16.7 Å². The lowest BCUT2D eigenvalue weighted by Gasteiger charge is -2.34. The van der Waals surface area contributed by atoms with Crippen molar-refractivity contribution in [2.24, 2.45) is 11.7 Å². The molecule has 1 atom stereocenters. The number of imide groups is 1. The minimum Gasteiger partial charge on any atom is -0.348 e. The first-order chi connectivity index (χ1) is 10.3. The maximum absolute atomic E-state index is 12.2. The zero-order chi connectivity index (χ0) is 16.5. The van der Waals surface area contributed by atoms with E-state index in [-0.39, 0.29) is 31.4 Å². The molecule has 1 aliphatic rings. The monoisotopic (exact) mass is 339 g/mol. The van der Waals surface area contributed by atoms with Gasteiger partial charge >= 0.3 is 0 Å². The summed E-state index contributed by atoms with van der Waals surface area (Å²) >= 11 is 0. The number of benzene rings is 1. The Morgan fingerprint density at radius 2 is 1.70 bits per heavy atom. The van der Waals surface area contributed by atoms with E-state index in [4.69, 9.17) is 5.73 Å². The number of hydrogen-bond donors (Lipinski definition) is 2. The summed E-state index contributed by atoms with van der Waals surface area (Å²) in [7, 11) is 0. The van der Waals surface area contributed by atoms with E-state index in [9.17, 15) is 14.4 Å². The second-order valence-corrected chi connectivity index (χ2v) is 6.07. The molecule has 1 heterocycles. The van der Waals surface area contributed by atoms with E-state index in [0.717, 1.165) is 4.90 Å². The molecule has 1 aliphatic heterocycles. The number of amides is 3. The molecule has 0 aliphatic carbocycles. The van der Waals surface area contributed by atoms with E-state index in [1.54, 1.807) is 24.3 Å². The quantitative estimate of drug-likeness (QED) is 0.788. The molecule has 0 bridgehead atoms. The number of fused-ring (bicyclic) bond motifs is 1. The van der Waals surface area contributed by atoms with Crippen molar-refractivity contribution >= 4 is 30.1 Å². The number of carbonyl (C=O) groups excluding carboxylic acids is 3. The Morgan fingerprint density at radius 3 is 2.09 bits per heavy atom. The third kappa shape index (κ3) is 3.54. The van der Waals surface area contributed by atoms with E-state index in [1.807, 2.05) is 20.8 Å². The number of carbonyl (C=O) groups is 3. The van der Waals surface area contributed by atoms with Crippen LogP contribution >= 0.6 is 12.4 Å². The van der Waals surface area contributed by atoms with Gasteiger partial charge in [0.15, 0.2) is 0 Å². The van der Waals surface area contributed by atoms with Crippen molar-refractivity contribution in [3.8, 4) is 0 Å². The molecule has 6 nitrogen and oxygen atoms in total. The topological polar surface area (TPSA) is 92.5 Å². The molecule has 0 radical (unpaired) electrons. The maximum Gasteiger partial charge on any atom is 0.262 e. The molecule has 0 saturated carbocycles. The Morgan fingerprint density at radius 1 is 1.22 bits per heavy atom. The zero-order valence-corrected chi connectivity index (χ0v) is 14.3. The van der Waals surface area contributed by atoms with Crippen LogP contribution in [0.2, 0.25) is 0 Å². The summed E-state index contributed by atoms with van der Waals surface area (Å²) in [5, 5.41) is 2.83. The second kappa shape index (κ2) is 7.10. The normalized spacial score (nSPS) is 16.0. The highest BCUT2D eigenvalue weighted by atomic mass is 35.5. The summed E-state index contributed by atoms with van der Waals surface area (Å²) in [6.07, 6.45) is 0. The highest BCUT2D eigenvalue weighted by Gasteiger charge is 2.37. The van der Waals surface area contributed by atoms with Gasteiger partial charge in [-0.1, -0.05) is 26.0 Å². The van der Waals surface area contributed by atoms with Crippen molar-refractivity contribution in [3.63, 3.8) is 0 Å². The molecular weight excluding hydrogens is 318 g/mol. The Kier molecular flexibility index (Phi) is 5.91. The third-order valence-corrected chi connectivity index (χ3v) is 4.30. The lowest BCUT2D eigenvalue weighted by atomic mass is 9.88. The average Bonchev–Trinajstić information content (AvgIpc) is 2.72. The molecular formula is C16H22ClN3O3. The largest absolute Gasteiger partial charge is 0.348 e. The number of nitrogens with two attached hydrogens (primary N) is 1. The van der Waals surface area contributed by atoms with Gasteiger partial charge < -0.3 is 11.1 Å². The van der Waals surface area contributed by atoms with Gasteiger partial charge in [-0.25, -0.2) is 0 Å². The Bertz CT molecular complexity index is 598. The minimum absolute atomic E-state index is 0. The fourth-order valence-electron chi connectivity index (χ4n) is 2.32. The number of nitrogens with one attached hydrogen (secondary N) is 1. The van der Waals surface area contributed by atoms with Crippen LogP contribution < -0.4 is 11.1 Å². The molecule has 3 N–H and O–H groups in total. The summed E-state index contributed by atoms with van der Waals surface area (Å²) in [6.45, 7) is 5.73. The lowest BCUT2D eigenvalue weighted by molar-refractivity contribution is -0.123. The van der Waals surface area contributed by atoms with Crippen LogP contribution in [0.5, 0.6) is 0 Å². The summed E-state index contributed by atoms with van der Waals surface area (Å²) in [4.78, 5) is 37.6. The van der Waals surface area contributed by atoms with E-state index in [1.165, 1.54) is 0 Å². The van der Waals surface area contributed by atoms with Gasteiger partial charge in [0, 0.05) is 6.54 Å². The van der Waals surface area contributed by atoms with Gasteiger partial charge in [0.25, 0.3) is 11.8 Å². The second-order valence-electron chi connectivity index (χ2n) is 6.07. The van der Waals surface area contributed by atoms with Gasteiger partial charge in [0.1, 0.15) is 6.54 Å². The fourth-order valence-corrected chi connectivity index (χ4v) is 2.32. The summed E-state index contributed by atoms with van der Waals surface area (Å²) < 4.78 is 0. The Labute approximate surface area is 141 Å². The molecule has 23 heavy (non-hydrogen) atoms. The molecule has 0 saturated heterocycles. The molecule has 0 aromatic heterocycles. The highest BCUT2D eigenvalue weighted by molar-refractivity contribution is 6.22. The SMILES string of the molecule is CC(C)C(C)(CN)NC(=O)CN1C(=O)c2ccccc2C1=O.Cl. The zero-order valence-electron chi connectivity index (χ0n) is 13.5. The first kappa shape index (κ1) is 19.1. The van der Waals surface area contributed by atoms with E-state index in [2.05, 4.69) is 5.32 Å². The van der Waals surface area contributed by atoms with Crippen molar-refractivity contribution in [1.82, 2.24) is 10.2 Å². The minimum atomic E-state index is -0.574. The number of hydrogen-bond acceptors (Lipinski definition) is 4. The first-order valence-electron chi connectivity index (χ1n) is 7.26. The number of halogens is 1. The Hall–Kier alpha value is -1.92. The number of rotatable bonds is 5. The predicted octanol–water partition coefficient (Wildman–Crippen LogP) is 1.19. The third-order valence-electron chi connectivity index (χ3n) is 4.30. The van der Waals surface area contributed by atoms with Crippen LogP contribution in [0.3, 0.4) is 0 Å². The van der Waals surface area contributed by atoms with Gasteiger partial charge in [-0.3, -0.25) is 19.3 Å². The highest BCUT2D eigenvalue weighted by Crippen LogP contribution is 2.22. The Balaban J connectivity index is 0.00000264. The van der Waals surface area contributed by atoms with Crippen LogP contribution in [-0.4, -0.2) is 41.2 Å². The van der Waals surface area contributed by atoms with Crippen LogP contribution in [0.4, 0.5) is 0 Å². The molecule has 3 amide bonds. The van der Waals surface area contributed by atoms with Crippen molar-refractivity contribution in [3.05, 3.63) is 35.4 Å². The van der Waals surface area contributed by atoms with Gasteiger partial charge in [-0.2, -0.15) is 0 Å². The smallest absolute Gasteiger partial charge is 0.262 e. The predicted molar refractivity (Wildman–Crippen MR) is 89.5 cm³/mol. The maximum atomic E-state index is 12.2. The standard InChI is InChI=1S/C16H21N3O3.ClH/c1-10(2)16(3,9-17)18-13(20)8-19-14(21)11-6-4-5-7-12(11)15(19)22;/h4-7,10H,8-9,17H2,1-3H3,(H,18,20);1H. The summed E-state index contributed by atoms with van der Waals surface area (Å²) in [5.41, 5.74) is 5.83. The van der Waals surface area contributed by atoms with E-state index in [0.29, 0.717) is 11.1 Å². The van der Waals surface area contributed by atoms with Crippen LogP contribution in [0.25, 0.3) is 0 Å². The summed E-state index contributed by atoms with van der Waals surface area (Å²) in [6, 6.07) is 6.56. The lowest BCUT2D eigenvalue weighted by Crippen LogP contribution is -2.57. The van der Waals surface area contributed by atoms with E-state index < -0.39 is 23.3 Å².